The van der Waals surface area contributed by atoms with E-state index in [4.69, 9.17) is 0 Å². The molecule has 312 valence electrons. The summed E-state index contributed by atoms with van der Waals surface area (Å²) in [5.74, 6) is -1.48. The number of carbonyl (C=O) groups is 7. The largest absolute Gasteiger partial charge is 0.356 e. The predicted octanol–water partition coefficient (Wildman–Crippen LogP) is 7.90. The smallest absolute Gasteiger partial charge is 0.220 e. The molecule has 3 unspecified atom stereocenters. The molecule has 0 bridgehead atoms. The highest BCUT2D eigenvalue weighted by atomic mass is 16.2. The van der Waals surface area contributed by atoms with E-state index in [9.17, 15) is 33.6 Å². The van der Waals surface area contributed by atoms with Gasteiger partial charge in [0.1, 0.15) is 0 Å². The molecule has 0 aromatic carbocycles. The van der Waals surface area contributed by atoms with Crippen molar-refractivity contribution in [3.63, 3.8) is 0 Å². The molecule has 0 aliphatic carbocycles. The van der Waals surface area contributed by atoms with E-state index in [1.54, 1.807) is 0 Å². The molecule has 0 aliphatic heterocycles. The number of unbranched alkanes of at least 4 members (excludes halogenated alkanes) is 17. The molecule has 3 atom stereocenters. The normalized spacial score (nSPS) is 12.7. The molecule has 11 heteroatoms. The number of ketones is 3. The number of carbonyl (C=O) groups excluding carboxylic acids is 7. The molecule has 0 saturated carbocycles. The summed E-state index contributed by atoms with van der Waals surface area (Å²) < 4.78 is 0. The van der Waals surface area contributed by atoms with Crippen molar-refractivity contribution in [3.05, 3.63) is 0 Å². The molecule has 54 heavy (non-hydrogen) atoms. The molecule has 0 spiro atoms. The molecule has 0 saturated heterocycles. The third-order valence-electron chi connectivity index (χ3n) is 10.1. The van der Waals surface area contributed by atoms with Crippen LogP contribution in [0.5, 0.6) is 0 Å². The Morgan fingerprint density at radius 1 is 0.352 bits per heavy atom. The predicted molar refractivity (Wildman–Crippen MR) is 217 cm³/mol. The Balaban J connectivity index is 4.31. The minimum atomic E-state index is -0.743. The Morgan fingerprint density at radius 3 is 1.04 bits per heavy atom. The molecule has 0 aromatic heterocycles. The zero-order chi connectivity index (χ0) is 40.4. The molecule has 0 aliphatic rings. The van der Waals surface area contributed by atoms with Gasteiger partial charge >= 0.3 is 0 Å². The fourth-order valence-electron chi connectivity index (χ4n) is 6.46. The maximum absolute atomic E-state index is 12.7. The van der Waals surface area contributed by atoms with Gasteiger partial charge in [-0.05, 0) is 65.7 Å². The highest BCUT2D eigenvalue weighted by Gasteiger charge is 2.22. The van der Waals surface area contributed by atoms with Crippen LogP contribution >= 0.6 is 0 Å². The van der Waals surface area contributed by atoms with Crippen molar-refractivity contribution in [1.82, 2.24) is 21.3 Å². The fraction of sp³-hybridized carbons (Fsp3) is 0.837. The average Bonchev–Trinajstić information content (AvgIpc) is 3.12. The van der Waals surface area contributed by atoms with Gasteiger partial charge in [-0.3, -0.25) is 33.6 Å². The van der Waals surface area contributed by atoms with Gasteiger partial charge in [-0.15, -0.1) is 0 Å². The van der Waals surface area contributed by atoms with Gasteiger partial charge in [-0.1, -0.05) is 117 Å². The van der Waals surface area contributed by atoms with Crippen LogP contribution in [-0.4, -0.2) is 65.6 Å². The van der Waals surface area contributed by atoms with E-state index in [-0.39, 0.29) is 66.7 Å². The molecule has 0 fully saturated rings. The summed E-state index contributed by atoms with van der Waals surface area (Å²) in [5, 5.41) is 11.1. The molecule has 0 aromatic rings. The van der Waals surface area contributed by atoms with Crippen LogP contribution in [0.1, 0.15) is 208 Å². The first-order valence-corrected chi connectivity index (χ1v) is 21.6. The number of hydrogen-bond donors (Lipinski definition) is 4. The minimum absolute atomic E-state index is 0.00333. The average molecular weight is 763 g/mol. The van der Waals surface area contributed by atoms with Crippen molar-refractivity contribution in [3.8, 4) is 0 Å². The van der Waals surface area contributed by atoms with Crippen LogP contribution in [0.25, 0.3) is 0 Å². The van der Waals surface area contributed by atoms with Crippen molar-refractivity contribution in [1.29, 1.82) is 0 Å². The quantitative estimate of drug-likeness (QED) is 0.0467. The van der Waals surface area contributed by atoms with E-state index in [1.165, 1.54) is 97.8 Å². The van der Waals surface area contributed by atoms with Gasteiger partial charge in [0.25, 0.3) is 0 Å². The Bertz CT molecular complexity index is 1080. The molecule has 0 heterocycles. The molecule has 4 amide bonds. The maximum atomic E-state index is 12.7. The van der Waals surface area contributed by atoms with Crippen molar-refractivity contribution in [2.75, 3.05) is 6.54 Å². The summed E-state index contributed by atoms with van der Waals surface area (Å²) in [4.78, 5) is 86.5. The Labute approximate surface area is 327 Å². The summed E-state index contributed by atoms with van der Waals surface area (Å²) in [6.45, 7) is 9.03. The Morgan fingerprint density at radius 2 is 0.667 bits per heavy atom. The first-order valence-electron chi connectivity index (χ1n) is 21.6. The Kier molecular flexibility index (Phi) is 32.4. The van der Waals surface area contributed by atoms with Crippen molar-refractivity contribution in [2.24, 2.45) is 0 Å². The van der Waals surface area contributed by atoms with Crippen molar-refractivity contribution >= 4 is 41.0 Å². The van der Waals surface area contributed by atoms with E-state index in [2.05, 4.69) is 35.1 Å². The van der Waals surface area contributed by atoms with Crippen molar-refractivity contribution < 1.29 is 33.6 Å². The van der Waals surface area contributed by atoms with Gasteiger partial charge in [0.2, 0.25) is 23.6 Å². The van der Waals surface area contributed by atoms with Crippen LogP contribution < -0.4 is 21.3 Å². The summed E-state index contributed by atoms with van der Waals surface area (Å²) in [7, 11) is 0. The lowest BCUT2D eigenvalue weighted by atomic mass is 10.0. The minimum Gasteiger partial charge on any atom is -0.356 e. The lowest BCUT2D eigenvalue weighted by Gasteiger charge is -2.18. The number of amides is 4. The molecule has 0 radical (unpaired) electrons. The van der Waals surface area contributed by atoms with Crippen LogP contribution in [-0.2, 0) is 33.6 Å². The summed E-state index contributed by atoms with van der Waals surface area (Å²) in [5.41, 5.74) is 0. The second-order valence-electron chi connectivity index (χ2n) is 15.3. The SMILES string of the molecule is CCCCCCCCCCCC(=O)NC(CCC(=O)NCCCCC(NC(=O)CCC(NC(=O)CCCCCCCCCCC)C(C)=O)C(C)=O)C(C)=O. The Hall–Kier alpha value is -3.11. The maximum Gasteiger partial charge on any atom is 0.220 e. The lowest BCUT2D eigenvalue weighted by molar-refractivity contribution is -0.129. The standard InChI is InChI=1S/C43H78N4O7/c1-6-8-10-12-14-16-18-20-22-27-41(52)46-38(35(4)49)29-31-40(51)44-33-25-24-26-37(34(3)48)45-43(54)32-30-39(36(5)50)47-42(53)28-23-21-19-17-15-13-11-9-7-2/h37-39H,6-33H2,1-5H3,(H,44,51)(H,45,54)(H,46,52)(H,47,53). The molecule has 11 nitrogen and oxygen atoms in total. The topological polar surface area (TPSA) is 168 Å². The highest BCUT2D eigenvalue weighted by Crippen LogP contribution is 2.13. The lowest BCUT2D eigenvalue weighted by Crippen LogP contribution is -2.43. The van der Waals surface area contributed by atoms with E-state index < -0.39 is 18.1 Å². The number of hydrogen-bond acceptors (Lipinski definition) is 7. The summed E-state index contributed by atoms with van der Waals surface area (Å²) in [6, 6.07) is -2.11. The fourth-order valence-corrected chi connectivity index (χ4v) is 6.46. The van der Waals surface area contributed by atoms with Crippen LogP contribution in [0.2, 0.25) is 0 Å². The zero-order valence-electron chi connectivity index (χ0n) is 34.9. The summed E-state index contributed by atoms with van der Waals surface area (Å²) in [6.07, 6.45) is 23.6. The van der Waals surface area contributed by atoms with Crippen LogP contribution in [0, 0.1) is 0 Å². The molecular weight excluding hydrogens is 684 g/mol. The number of nitrogens with one attached hydrogen (secondary N) is 4. The molecular formula is C43H78N4O7. The van der Waals surface area contributed by atoms with Gasteiger partial charge < -0.3 is 21.3 Å². The van der Waals surface area contributed by atoms with E-state index in [0.717, 1.165) is 38.5 Å². The van der Waals surface area contributed by atoms with Crippen molar-refractivity contribution in [2.45, 2.75) is 226 Å². The number of rotatable bonds is 37. The summed E-state index contributed by atoms with van der Waals surface area (Å²) >= 11 is 0. The van der Waals surface area contributed by atoms with Gasteiger partial charge in [0.15, 0.2) is 17.3 Å². The first kappa shape index (κ1) is 50.9. The van der Waals surface area contributed by atoms with E-state index in [0.29, 0.717) is 38.6 Å². The number of Topliss-reactive ketones (excluding diaryl/α,β-unsaturated/α-hetero) is 3. The van der Waals surface area contributed by atoms with E-state index in [1.807, 2.05) is 0 Å². The monoisotopic (exact) mass is 763 g/mol. The highest BCUT2D eigenvalue weighted by molar-refractivity contribution is 5.90. The molecule has 4 N–H and O–H groups in total. The van der Waals surface area contributed by atoms with Gasteiger partial charge in [-0.2, -0.15) is 0 Å². The van der Waals surface area contributed by atoms with Crippen LogP contribution in [0.15, 0.2) is 0 Å². The zero-order valence-corrected chi connectivity index (χ0v) is 34.9. The van der Waals surface area contributed by atoms with E-state index >= 15 is 0 Å². The molecule has 0 rings (SSSR count). The van der Waals surface area contributed by atoms with Gasteiger partial charge in [0.05, 0.1) is 18.1 Å². The van der Waals surface area contributed by atoms with Gasteiger partial charge in [0, 0.05) is 32.2 Å². The van der Waals surface area contributed by atoms with Crippen LogP contribution in [0.3, 0.4) is 0 Å². The second-order valence-corrected chi connectivity index (χ2v) is 15.3. The third-order valence-corrected chi connectivity index (χ3v) is 10.1. The van der Waals surface area contributed by atoms with Crippen LogP contribution in [0.4, 0.5) is 0 Å². The second kappa shape index (κ2) is 34.4. The first-order chi connectivity index (χ1) is 25.9. The van der Waals surface area contributed by atoms with Gasteiger partial charge in [-0.25, -0.2) is 0 Å². The third kappa shape index (κ3) is 30.2.